The monoisotopic (exact) mass is 394 g/mol. The second-order valence-corrected chi connectivity index (χ2v) is 6.36. The highest BCUT2D eigenvalue weighted by atomic mass is 35.5. The largest absolute Gasteiger partial charge is 0.495 e. The Bertz CT molecular complexity index is 934. The topological polar surface area (TPSA) is 106 Å². The number of thiophene rings is 1. The Kier molecular flexibility index (Phi) is 5.71. The molecule has 0 aliphatic carbocycles. The molecule has 0 bridgehead atoms. The van der Waals surface area contributed by atoms with Crippen LogP contribution in [0.2, 0.25) is 5.02 Å². The number of hydrogen-bond donors (Lipinski definition) is 3. The number of nitrogens with zero attached hydrogens (tertiary/aromatic N) is 2. The van der Waals surface area contributed by atoms with Crippen LogP contribution in [0.5, 0.6) is 11.5 Å². The number of benzene rings is 1. The summed E-state index contributed by atoms with van der Waals surface area (Å²) >= 11 is 7.30. The van der Waals surface area contributed by atoms with Crippen LogP contribution in [0, 0.1) is 0 Å². The molecule has 0 spiro atoms. The molecule has 10 heteroatoms. The zero-order valence-electron chi connectivity index (χ0n) is 13.7. The molecule has 3 N–H and O–H groups in total. The minimum absolute atomic E-state index is 0.0434. The summed E-state index contributed by atoms with van der Waals surface area (Å²) in [5, 5.41) is 16.4. The quantitative estimate of drug-likeness (QED) is 0.588. The van der Waals surface area contributed by atoms with Crippen molar-refractivity contribution < 1.29 is 19.4 Å². The van der Waals surface area contributed by atoms with Gasteiger partial charge in [-0.15, -0.1) is 11.3 Å². The van der Waals surface area contributed by atoms with Crippen LogP contribution in [0.4, 0.5) is 16.4 Å². The third-order valence-electron chi connectivity index (χ3n) is 3.28. The van der Waals surface area contributed by atoms with Gasteiger partial charge in [-0.3, -0.25) is 5.32 Å². The van der Waals surface area contributed by atoms with E-state index < -0.39 is 6.09 Å². The van der Waals surface area contributed by atoms with E-state index in [9.17, 15) is 4.79 Å². The summed E-state index contributed by atoms with van der Waals surface area (Å²) in [6, 6.07) is 4.86. The Balaban J connectivity index is 1.78. The fraction of sp³-hybridized carbons (Fsp3) is 0.188. The molecule has 2 aromatic heterocycles. The second-order valence-electron chi connectivity index (χ2n) is 5.02. The standard InChI is InChI=1S/C16H15ClN4O4S/c1-24-11-3-2-9(17)6-10(11)20-16(23)25-12-8-26-13-7-19-15(18-4-5-22)21-14(12)13/h2-3,6-8,22H,4-5H2,1H3,(H,20,23)(H,18,19,21). The van der Waals surface area contributed by atoms with Crippen molar-refractivity contribution in [2.24, 2.45) is 0 Å². The van der Waals surface area contributed by atoms with Crippen molar-refractivity contribution in [3.8, 4) is 11.5 Å². The molecule has 0 saturated heterocycles. The maximum atomic E-state index is 12.2. The van der Waals surface area contributed by atoms with Gasteiger partial charge in [0, 0.05) is 16.9 Å². The van der Waals surface area contributed by atoms with Crippen LogP contribution in [0.1, 0.15) is 0 Å². The zero-order valence-corrected chi connectivity index (χ0v) is 15.2. The lowest BCUT2D eigenvalue weighted by atomic mass is 10.3. The third-order valence-corrected chi connectivity index (χ3v) is 4.40. The van der Waals surface area contributed by atoms with Gasteiger partial charge in [0.2, 0.25) is 5.95 Å². The van der Waals surface area contributed by atoms with E-state index in [1.807, 2.05) is 0 Å². The van der Waals surface area contributed by atoms with E-state index in [4.69, 9.17) is 26.2 Å². The van der Waals surface area contributed by atoms with Crippen molar-refractivity contribution >= 4 is 50.9 Å². The number of aromatic nitrogens is 2. The molecule has 1 aromatic carbocycles. The van der Waals surface area contributed by atoms with Gasteiger partial charge in [-0.05, 0) is 18.2 Å². The van der Waals surface area contributed by atoms with Gasteiger partial charge < -0.3 is 19.9 Å². The van der Waals surface area contributed by atoms with E-state index in [-0.39, 0.29) is 6.61 Å². The van der Waals surface area contributed by atoms with Crippen LogP contribution in [0.25, 0.3) is 10.2 Å². The SMILES string of the molecule is COc1ccc(Cl)cc1NC(=O)Oc1csc2cnc(NCCO)nc12. The molecular weight excluding hydrogens is 380 g/mol. The summed E-state index contributed by atoms with van der Waals surface area (Å²) in [6.07, 6.45) is 0.922. The fourth-order valence-electron chi connectivity index (χ4n) is 2.14. The molecule has 3 aromatic rings. The lowest BCUT2D eigenvalue weighted by Gasteiger charge is -2.10. The fourth-order valence-corrected chi connectivity index (χ4v) is 3.08. The van der Waals surface area contributed by atoms with Crippen molar-refractivity contribution in [2.75, 3.05) is 30.9 Å². The smallest absolute Gasteiger partial charge is 0.417 e. The first kappa shape index (κ1) is 18.2. The molecule has 0 atom stereocenters. The van der Waals surface area contributed by atoms with E-state index in [0.717, 1.165) is 4.70 Å². The first-order chi connectivity index (χ1) is 12.6. The van der Waals surface area contributed by atoms with E-state index in [2.05, 4.69) is 20.6 Å². The van der Waals surface area contributed by atoms with Gasteiger partial charge in [0.1, 0.15) is 11.3 Å². The molecule has 3 rings (SSSR count). The number of rotatable bonds is 6. The van der Waals surface area contributed by atoms with Crippen molar-refractivity contribution in [1.82, 2.24) is 9.97 Å². The summed E-state index contributed by atoms with van der Waals surface area (Å²) in [6.45, 7) is 0.277. The molecule has 136 valence electrons. The minimum Gasteiger partial charge on any atom is -0.495 e. The van der Waals surface area contributed by atoms with Gasteiger partial charge >= 0.3 is 6.09 Å². The lowest BCUT2D eigenvalue weighted by molar-refractivity contribution is 0.215. The molecule has 2 heterocycles. The van der Waals surface area contributed by atoms with Gasteiger partial charge in [0.05, 0.1) is 30.3 Å². The van der Waals surface area contributed by atoms with Crippen molar-refractivity contribution in [2.45, 2.75) is 0 Å². The van der Waals surface area contributed by atoms with Gasteiger partial charge in [-0.25, -0.2) is 14.8 Å². The minimum atomic E-state index is -0.700. The number of ether oxygens (including phenoxy) is 2. The summed E-state index contributed by atoms with van der Waals surface area (Å²) in [5.41, 5.74) is 0.892. The summed E-state index contributed by atoms with van der Waals surface area (Å²) in [5.74, 6) is 1.10. The van der Waals surface area contributed by atoms with Crippen molar-refractivity contribution in [3.05, 3.63) is 34.8 Å². The highest BCUT2D eigenvalue weighted by molar-refractivity contribution is 7.17. The van der Waals surface area contributed by atoms with E-state index in [1.165, 1.54) is 18.4 Å². The van der Waals surface area contributed by atoms with Crippen LogP contribution < -0.4 is 20.1 Å². The van der Waals surface area contributed by atoms with Crippen molar-refractivity contribution in [3.63, 3.8) is 0 Å². The van der Waals surface area contributed by atoms with Gasteiger partial charge in [-0.2, -0.15) is 0 Å². The third kappa shape index (κ3) is 4.13. The predicted octanol–water partition coefficient (Wildman–Crippen LogP) is 3.37. The Hall–Kier alpha value is -2.62. The van der Waals surface area contributed by atoms with E-state index in [1.54, 1.807) is 29.8 Å². The predicted molar refractivity (Wildman–Crippen MR) is 101 cm³/mol. The number of halogens is 1. The highest BCUT2D eigenvalue weighted by Crippen LogP contribution is 2.32. The number of carbonyl (C=O) groups is 1. The lowest BCUT2D eigenvalue weighted by Crippen LogP contribution is -2.17. The molecule has 1 amide bonds. The second kappa shape index (κ2) is 8.17. The Morgan fingerprint density at radius 3 is 3.00 bits per heavy atom. The summed E-state index contributed by atoms with van der Waals surface area (Å²) in [7, 11) is 1.49. The first-order valence-corrected chi connectivity index (χ1v) is 8.78. The van der Waals surface area contributed by atoms with E-state index >= 15 is 0 Å². The highest BCUT2D eigenvalue weighted by Gasteiger charge is 2.15. The van der Waals surface area contributed by atoms with E-state index in [0.29, 0.717) is 40.2 Å². The van der Waals surface area contributed by atoms with Gasteiger partial charge in [0.25, 0.3) is 0 Å². The summed E-state index contributed by atoms with van der Waals surface area (Å²) in [4.78, 5) is 20.7. The van der Waals surface area contributed by atoms with Crippen LogP contribution in [-0.4, -0.2) is 41.4 Å². The van der Waals surface area contributed by atoms with Gasteiger partial charge in [-0.1, -0.05) is 11.6 Å². The molecule has 0 aliphatic rings. The average molecular weight is 395 g/mol. The molecule has 0 unspecified atom stereocenters. The molecule has 0 fully saturated rings. The van der Waals surface area contributed by atoms with Gasteiger partial charge in [0.15, 0.2) is 5.75 Å². The number of aliphatic hydroxyl groups excluding tert-OH is 1. The number of methoxy groups -OCH3 is 1. The van der Waals surface area contributed by atoms with Crippen molar-refractivity contribution in [1.29, 1.82) is 0 Å². The molecule has 0 saturated carbocycles. The molecular formula is C16H15ClN4O4S. The van der Waals surface area contributed by atoms with Crippen LogP contribution in [0.3, 0.4) is 0 Å². The number of anilines is 2. The number of fused-ring (bicyclic) bond motifs is 1. The Labute approximate surface area is 157 Å². The maximum absolute atomic E-state index is 12.2. The number of amides is 1. The normalized spacial score (nSPS) is 10.6. The summed E-state index contributed by atoms with van der Waals surface area (Å²) < 4.78 is 11.3. The molecule has 26 heavy (non-hydrogen) atoms. The molecule has 0 radical (unpaired) electrons. The van der Waals surface area contributed by atoms with Crippen LogP contribution in [0.15, 0.2) is 29.8 Å². The Morgan fingerprint density at radius 2 is 2.23 bits per heavy atom. The number of carbonyl (C=O) groups excluding carboxylic acids is 1. The molecule has 0 aliphatic heterocycles. The van der Waals surface area contributed by atoms with Crippen LogP contribution in [-0.2, 0) is 0 Å². The number of aliphatic hydroxyl groups is 1. The Morgan fingerprint density at radius 1 is 1.38 bits per heavy atom. The average Bonchev–Trinajstić information content (AvgIpc) is 3.02. The zero-order chi connectivity index (χ0) is 18.5. The number of nitrogens with one attached hydrogen (secondary N) is 2. The van der Waals surface area contributed by atoms with Crippen LogP contribution >= 0.6 is 22.9 Å². The first-order valence-electron chi connectivity index (χ1n) is 7.52. The number of hydrogen-bond acceptors (Lipinski definition) is 8. The molecule has 8 nitrogen and oxygen atoms in total. The maximum Gasteiger partial charge on any atom is 0.417 e.